The second-order valence-corrected chi connectivity index (χ2v) is 7.52. The standard InChI is InChI=1S/C18H21FN2O5S/c1-25-15-8-5-9-16(26-2)17(15)18(22)20-10-11-21(27(3,23)24)14-7-4-6-13(19)12-14/h4-9,12H,10-11H2,1-3H3,(H,20,22). The molecule has 0 aliphatic heterocycles. The highest BCUT2D eigenvalue weighted by atomic mass is 32.2. The Bertz CT molecular complexity index is 895. The second kappa shape index (κ2) is 8.72. The largest absolute Gasteiger partial charge is 0.496 e. The average molecular weight is 396 g/mol. The number of carbonyl (C=O) groups excluding carboxylic acids is 1. The first-order valence-electron chi connectivity index (χ1n) is 8.00. The summed E-state index contributed by atoms with van der Waals surface area (Å²) in [6, 6.07) is 10.2. The van der Waals surface area contributed by atoms with Gasteiger partial charge in [0.2, 0.25) is 10.0 Å². The van der Waals surface area contributed by atoms with Gasteiger partial charge < -0.3 is 14.8 Å². The van der Waals surface area contributed by atoms with Gasteiger partial charge in [-0.05, 0) is 30.3 Å². The minimum atomic E-state index is -3.66. The van der Waals surface area contributed by atoms with Gasteiger partial charge in [-0.25, -0.2) is 12.8 Å². The maximum atomic E-state index is 13.4. The predicted molar refractivity (Wildman–Crippen MR) is 100 cm³/mol. The van der Waals surface area contributed by atoms with Crippen LogP contribution in [0, 0.1) is 5.82 Å². The molecule has 9 heteroatoms. The molecule has 1 N–H and O–H groups in total. The molecule has 0 unspecified atom stereocenters. The monoisotopic (exact) mass is 396 g/mol. The molecule has 0 fully saturated rings. The van der Waals surface area contributed by atoms with Gasteiger partial charge in [-0.1, -0.05) is 12.1 Å². The van der Waals surface area contributed by atoms with E-state index in [0.29, 0.717) is 11.5 Å². The van der Waals surface area contributed by atoms with E-state index in [0.717, 1.165) is 16.6 Å². The van der Waals surface area contributed by atoms with Crippen LogP contribution >= 0.6 is 0 Å². The molecule has 1 amide bonds. The van der Waals surface area contributed by atoms with E-state index in [1.807, 2.05) is 0 Å². The Morgan fingerprint density at radius 3 is 2.22 bits per heavy atom. The van der Waals surface area contributed by atoms with E-state index in [-0.39, 0.29) is 24.3 Å². The van der Waals surface area contributed by atoms with Crippen molar-refractivity contribution in [2.45, 2.75) is 0 Å². The molecule has 27 heavy (non-hydrogen) atoms. The molecule has 0 bridgehead atoms. The van der Waals surface area contributed by atoms with E-state index < -0.39 is 21.7 Å². The van der Waals surface area contributed by atoms with Gasteiger partial charge in [0.25, 0.3) is 5.91 Å². The van der Waals surface area contributed by atoms with Gasteiger partial charge in [-0.3, -0.25) is 9.10 Å². The van der Waals surface area contributed by atoms with E-state index >= 15 is 0 Å². The number of nitrogens with one attached hydrogen (secondary N) is 1. The Hall–Kier alpha value is -2.81. The van der Waals surface area contributed by atoms with Crippen LogP contribution in [-0.2, 0) is 10.0 Å². The molecule has 7 nitrogen and oxygen atoms in total. The Kier molecular flexibility index (Phi) is 6.62. The van der Waals surface area contributed by atoms with Crippen LogP contribution in [0.2, 0.25) is 0 Å². The van der Waals surface area contributed by atoms with Crippen LogP contribution in [0.1, 0.15) is 10.4 Å². The highest BCUT2D eigenvalue weighted by Crippen LogP contribution is 2.28. The first kappa shape index (κ1) is 20.5. The smallest absolute Gasteiger partial charge is 0.258 e. The fourth-order valence-corrected chi connectivity index (χ4v) is 3.47. The zero-order chi connectivity index (χ0) is 20.0. The summed E-state index contributed by atoms with van der Waals surface area (Å²) in [6.45, 7) is -0.0604. The fourth-order valence-electron chi connectivity index (χ4n) is 2.55. The number of amides is 1. The van der Waals surface area contributed by atoms with Crippen molar-refractivity contribution >= 4 is 21.6 Å². The molecular formula is C18H21FN2O5S. The molecule has 0 radical (unpaired) electrons. The van der Waals surface area contributed by atoms with Gasteiger partial charge in [-0.2, -0.15) is 0 Å². The number of halogens is 1. The molecule has 2 aromatic rings. The van der Waals surface area contributed by atoms with Crippen LogP contribution in [0.15, 0.2) is 42.5 Å². The topological polar surface area (TPSA) is 84.9 Å². The molecule has 2 aromatic carbocycles. The molecule has 2 rings (SSSR count). The van der Waals surface area contributed by atoms with Gasteiger partial charge >= 0.3 is 0 Å². The summed E-state index contributed by atoms with van der Waals surface area (Å²) in [5.41, 5.74) is 0.390. The van der Waals surface area contributed by atoms with E-state index in [9.17, 15) is 17.6 Å². The summed E-state index contributed by atoms with van der Waals surface area (Å²) < 4.78 is 48.9. The Morgan fingerprint density at radius 1 is 1.11 bits per heavy atom. The van der Waals surface area contributed by atoms with Crippen molar-refractivity contribution in [3.05, 3.63) is 53.8 Å². The SMILES string of the molecule is COc1cccc(OC)c1C(=O)NCCN(c1cccc(F)c1)S(C)(=O)=O. The van der Waals surface area contributed by atoms with Crippen molar-refractivity contribution in [1.29, 1.82) is 0 Å². The number of benzene rings is 2. The number of anilines is 1. The van der Waals surface area contributed by atoms with Crippen LogP contribution in [0.3, 0.4) is 0 Å². The maximum absolute atomic E-state index is 13.4. The maximum Gasteiger partial charge on any atom is 0.258 e. The van der Waals surface area contributed by atoms with Crippen LogP contribution in [0.4, 0.5) is 10.1 Å². The Morgan fingerprint density at radius 2 is 1.70 bits per heavy atom. The predicted octanol–water partition coefficient (Wildman–Crippen LogP) is 2.04. The molecule has 0 aromatic heterocycles. The van der Waals surface area contributed by atoms with Gasteiger partial charge in [-0.15, -0.1) is 0 Å². The van der Waals surface area contributed by atoms with E-state index in [1.165, 1.54) is 32.4 Å². The van der Waals surface area contributed by atoms with Gasteiger partial charge in [0.15, 0.2) is 0 Å². The molecular weight excluding hydrogens is 375 g/mol. The van der Waals surface area contributed by atoms with Crippen molar-refractivity contribution in [3.8, 4) is 11.5 Å². The highest BCUT2D eigenvalue weighted by molar-refractivity contribution is 7.92. The first-order chi connectivity index (χ1) is 12.8. The number of nitrogens with zero attached hydrogens (tertiary/aromatic N) is 1. The summed E-state index contributed by atoms with van der Waals surface area (Å²) in [7, 11) is -0.794. The summed E-state index contributed by atoms with van der Waals surface area (Å²) in [5, 5.41) is 2.64. The van der Waals surface area contributed by atoms with Gasteiger partial charge in [0, 0.05) is 6.54 Å². The zero-order valence-corrected chi connectivity index (χ0v) is 16.0. The third-order valence-corrected chi connectivity index (χ3v) is 4.95. The van der Waals surface area contributed by atoms with E-state index in [2.05, 4.69) is 5.32 Å². The van der Waals surface area contributed by atoms with Crippen molar-refractivity contribution in [3.63, 3.8) is 0 Å². The van der Waals surface area contributed by atoms with Crippen LogP contribution in [0.25, 0.3) is 0 Å². The molecule has 0 aliphatic rings. The molecule has 0 atom stereocenters. The van der Waals surface area contributed by atoms with Crippen molar-refractivity contribution in [2.75, 3.05) is 37.9 Å². The Labute approximate surface area is 157 Å². The lowest BCUT2D eigenvalue weighted by molar-refractivity contribution is 0.0948. The number of carbonyl (C=O) groups is 1. The van der Waals surface area contributed by atoms with Crippen LogP contribution < -0.4 is 19.1 Å². The molecule has 146 valence electrons. The third-order valence-electron chi connectivity index (χ3n) is 3.75. The lowest BCUT2D eigenvalue weighted by atomic mass is 10.1. The lowest BCUT2D eigenvalue weighted by Gasteiger charge is -2.22. The van der Waals surface area contributed by atoms with Crippen molar-refractivity contribution in [1.82, 2.24) is 5.32 Å². The van der Waals surface area contributed by atoms with Crippen molar-refractivity contribution < 1.29 is 27.1 Å². The summed E-state index contributed by atoms with van der Waals surface area (Å²) in [6.07, 6.45) is 1.02. The summed E-state index contributed by atoms with van der Waals surface area (Å²) in [5.74, 6) is -0.366. The molecule has 0 spiro atoms. The van der Waals surface area contributed by atoms with Crippen LogP contribution in [-0.4, -0.2) is 47.9 Å². The van der Waals surface area contributed by atoms with Crippen molar-refractivity contribution in [2.24, 2.45) is 0 Å². The third kappa shape index (κ3) is 5.10. The number of hydrogen-bond acceptors (Lipinski definition) is 5. The quantitative estimate of drug-likeness (QED) is 0.738. The fraction of sp³-hybridized carbons (Fsp3) is 0.278. The first-order valence-corrected chi connectivity index (χ1v) is 9.85. The Balaban J connectivity index is 2.15. The number of ether oxygens (including phenoxy) is 2. The number of rotatable bonds is 8. The van der Waals surface area contributed by atoms with Gasteiger partial charge in [0.05, 0.1) is 32.7 Å². The average Bonchev–Trinajstić information content (AvgIpc) is 2.63. The number of sulfonamides is 1. The normalized spacial score (nSPS) is 11.0. The minimum Gasteiger partial charge on any atom is -0.496 e. The lowest BCUT2D eigenvalue weighted by Crippen LogP contribution is -2.38. The molecule has 0 saturated carbocycles. The second-order valence-electron chi connectivity index (χ2n) is 5.61. The molecule has 0 heterocycles. The summed E-state index contributed by atoms with van der Waals surface area (Å²) in [4.78, 5) is 12.5. The molecule has 0 aliphatic carbocycles. The number of methoxy groups -OCH3 is 2. The summed E-state index contributed by atoms with van der Waals surface area (Å²) >= 11 is 0. The highest BCUT2D eigenvalue weighted by Gasteiger charge is 2.20. The number of hydrogen-bond donors (Lipinski definition) is 1. The van der Waals surface area contributed by atoms with Gasteiger partial charge in [0.1, 0.15) is 22.9 Å². The van der Waals surface area contributed by atoms with E-state index in [4.69, 9.17) is 9.47 Å². The minimum absolute atomic E-state index is 0.00359. The zero-order valence-electron chi connectivity index (χ0n) is 15.2. The van der Waals surface area contributed by atoms with E-state index in [1.54, 1.807) is 18.2 Å². The van der Waals surface area contributed by atoms with Crippen LogP contribution in [0.5, 0.6) is 11.5 Å². The molecule has 0 saturated heterocycles.